The molecule has 0 bridgehead atoms. The van der Waals surface area contributed by atoms with Crippen LogP contribution in [0.15, 0.2) is 66.9 Å². The van der Waals surface area contributed by atoms with Crippen LogP contribution in [0.3, 0.4) is 0 Å². The van der Waals surface area contributed by atoms with Crippen LogP contribution in [-0.2, 0) is 13.5 Å². The highest BCUT2D eigenvalue weighted by molar-refractivity contribution is 6.29. The van der Waals surface area contributed by atoms with Gasteiger partial charge in [0, 0.05) is 21.3 Å². The minimum absolute atomic E-state index is 0.362. The van der Waals surface area contributed by atoms with Gasteiger partial charge in [0.05, 0.1) is 0 Å². The SMILES string of the molecule is [2H]C([2H])([2H])c1ccc(-c2cc3c4ccccc4c4cccc5c4c3c(c2C)C5)[n+](C)c1. The van der Waals surface area contributed by atoms with E-state index in [9.17, 15) is 0 Å². The normalized spacial score (nSPS) is 14.7. The average Bonchev–Trinajstić information content (AvgIpc) is 3.14. The molecule has 4 aromatic carbocycles. The Labute approximate surface area is 169 Å². The largest absolute Gasteiger partial charge is 0.212 e. The van der Waals surface area contributed by atoms with Crippen LogP contribution in [0.2, 0.25) is 0 Å². The number of hydrogen-bond acceptors (Lipinski definition) is 0. The Balaban J connectivity index is 1.73. The summed E-state index contributed by atoms with van der Waals surface area (Å²) in [6.07, 6.45) is 2.68. The Morgan fingerprint density at radius 3 is 2.43 bits per heavy atom. The van der Waals surface area contributed by atoms with Gasteiger partial charge in [-0.25, -0.2) is 4.57 Å². The van der Waals surface area contributed by atoms with E-state index >= 15 is 0 Å². The topological polar surface area (TPSA) is 3.88 Å². The number of pyridine rings is 1. The quantitative estimate of drug-likeness (QED) is 0.243. The highest BCUT2D eigenvalue weighted by Crippen LogP contribution is 2.46. The van der Waals surface area contributed by atoms with Crippen molar-refractivity contribution in [1.82, 2.24) is 0 Å². The van der Waals surface area contributed by atoms with E-state index in [4.69, 9.17) is 4.11 Å². The Morgan fingerprint density at radius 1 is 0.857 bits per heavy atom. The zero-order valence-corrected chi connectivity index (χ0v) is 16.0. The molecule has 0 aliphatic heterocycles. The number of aryl methyl sites for hydroxylation is 2. The molecule has 0 amide bonds. The molecule has 0 fully saturated rings. The van der Waals surface area contributed by atoms with Gasteiger partial charge in [-0.15, -0.1) is 0 Å². The number of fused-ring (bicyclic) bond motifs is 3. The molecule has 1 aliphatic carbocycles. The first-order valence-electron chi connectivity index (χ1n) is 11.2. The van der Waals surface area contributed by atoms with Crippen molar-refractivity contribution < 1.29 is 8.68 Å². The lowest BCUT2D eigenvalue weighted by atomic mass is 9.90. The van der Waals surface area contributed by atoms with Crippen molar-refractivity contribution in [1.29, 1.82) is 0 Å². The Kier molecular flexibility index (Phi) is 2.53. The zero-order chi connectivity index (χ0) is 21.5. The molecule has 0 saturated carbocycles. The van der Waals surface area contributed by atoms with Crippen LogP contribution in [0, 0.1) is 13.8 Å². The predicted octanol–water partition coefficient (Wildman–Crippen LogP) is 6.16. The van der Waals surface area contributed by atoms with E-state index in [1.54, 1.807) is 12.3 Å². The van der Waals surface area contributed by atoms with E-state index in [0.29, 0.717) is 5.56 Å². The third kappa shape index (κ3) is 1.94. The smallest absolute Gasteiger partial charge is 0.201 e. The molecule has 28 heavy (non-hydrogen) atoms. The third-order valence-corrected chi connectivity index (χ3v) is 6.40. The third-order valence-electron chi connectivity index (χ3n) is 6.40. The predicted molar refractivity (Wildman–Crippen MR) is 118 cm³/mol. The van der Waals surface area contributed by atoms with Gasteiger partial charge in [-0.2, -0.15) is 0 Å². The summed E-state index contributed by atoms with van der Waals surface area (Å²) in [5, 5.41) is 7.95. The van der Waals surface area contributed by atoms with Crippen LogP contribution in [0.1, 0.15) is 26.4 Å². The van der Waals surface area contributed by atoms with Crippen molar-refractivity contribution in [2.75, 3.05) is 0 Å². The van der Waals surface area contributed by atoms with Crippen LogP contribution in [0.5, 0.6) is 0 Å². The van der Waals surface area contributed by atoms with Gasteiger partial charge in [0.2, 0.25) is 5.69 Å². The summed E-state index contributed by atoms with van der Waals surface area (Å²) in [5.41, 5.74) is 6.62. The molecule has 134 valence electrons. The van der Waals surface area contributed by atoms with E-state index in [1.807, 2.05) is 17.7 Å². The van der Waals surface area contributed by atoms with Crippen LogP contribution in [-0.4, -0.2) is 0 Å². The molecule has 0 spiro atoms. The van der Waals surface area contributed by atoms with E-state index in [0.717, 1.165) is 12.1 Å². The molecule has 0 saturated heterocycles. The van der Waals surface area contributed by atoms with Gasteiger partial charge in [-0.1, -0.05) is 42.5 Å². The molecule has 1 heterocycles. The number of hydrogen-bond donors (Lipinski definition) is 0. The molecular weight excluding hydrogens is 338 g/mol. The minimum atomic E-state index is -2.10. The van der Waals surface area contributed by atoms with Crippen molar-refractivity contribution in [2.24, 2.45) is 7.05 Å². The second kappa shape index (κ2) is 5.42. The maximum absolute atomic E-state index is 7.73. The molecule has 1 aromatic heterocycles. The van der Waals surface area contributed by atoms with Gasteiger partial charge in [0.25, 0.3) is 0 Å². The summed E-state index contributed by atoms with van der Waals surface area (Å²) in [6, 6.07) is 21.3. The monoisotopic (exact) mass is 363 g/mol. The molecule has 6 rings (SSSR count). The van der Waals surface area contributed by atoms with Gasteiger partial charge in [0.15, 0.2) is 6.20 Å². The summed E-state index contributed by atoms with van der Waals surface area (Å²) in [5.74, 6) is 0. The van der Waals surface area contributed by atoms with E-state index in [1.165, 1.54) is 54.6 Å². The zero-order valence-electron chi connectivity index (χ0n) is 19.0. The first-order valence-corrected chi connectivity index (χ1v) is 9.73. The standard InChI is InChI=1S/C27H22N/c1-16-11-12-25(28(3)15-16)22-14-24-20-9-5-4-8-19(20)21-10-6-7-18-13-23(17(22)2)27(24)26(18)21/h4-12,14-15H,13H2,1-3H3/q+1/i1D3. The molecule has 1 heteroatoms. The van der Waals surface area contributed by atoms with Gasteiger partial charge in [-0.3, -0.25) is 0 Å². The molecule has 0 unspecified atom stereocenters. The second-order valence-electron chi connectivity index (χ2n) is 7.93. The Morgan fingerprint density at radius 2 is 1.64 bits per heavy atom. The second-order valence-corrected chi connectivity index (χ2v) is 7.93. The van der Waals surface area contributed by atoms with Crippen molar-refractivity contribution in [3.8, 4) is 11.3 Å². The van der Waals surface area contributed by atoms with Crippen molar-refractivity contribution in [3.05, 3.63) is 89.1 Å². The van der Waals surface area contributed by atoms with Crippen LogP contribution < -0.4 is 4.57 Å². The summed E-state index contributed by atoms with van der Waals surface area (Å²) in [6.45, 7) is 0.0981. The maximum Gasteiger partial charge on any atom is 0.212 e. The van der Waals surface area contributed by atoms with E-state index in [2.05, 4.69) is 55.5 Å². The fourth-order valence-corrected chi connectivity index (χ4v) is 5.12. The summed E-state index contributed by atoms with van der Waals surface area (Å²) >= 11 is 0. The van der Waals surface area contributed by atoms with Gasteiger partial charge in [-0.05, 0) is 81.3 Å². The Hall–Kier alpha value is -3.19. The minimum Gasteiger partial charge on any atom is -0.201 e. The number of nitrogens with zero attached hydrogens (tertiary/aromatic N) is 1. The summed E-state index contributed by atoms with van der Waals surface area (Å²) < 4.78 is 25.1. The number of aromatic nitrogens is 1. The molecule has 0 atom stereocenters. The van der Waals surface area contributed by atoms with Crippen LogP contribution in [0.25, 0.3) is 43.6 Å². The van der Waals surface area contributed by atoms with E-state index in [-0.39, 0.29) is 0 Å². The fourth-order valence-electron chi connectivity index (χ4n) is 5.12. The highest BCUT2D eigenvalue weighted by atomic mass is 14.9. The van der Waals surface area contributed by atoms with Gasteiger partial charge >= 0.3 is 0 Å². The fraction of sp³-hybridized carbons (Fsp3) is 0.148. The highest BCUT2D eigenvalue weighted by Gasteiger charge is 2.25. The van der Waals surface area contributed by atoms with Crippen LogP contribution in [0.4, 0.5) is 0 Å². The molecule has 5 aromatic rings. The molecule has 1 nitrogen and oxygen atoms in total. The van der Waals surface area contributed by atoms with Crippen molar-refractivity contribution >= 4 is 32.3 Å². The number of benzene rings is 4. The molecule has 0 N–H and O–H groups in total. The van der Waals surface area contributed by atoms with Gasteiger partial charge in [0.1, 0.15) is 7.05 Å². The molecular formula is C27H22N+. The lowest BCUT2D eigenvalue weighted by molar-refractivity contribution is -0.660. The average molecular weight is 363 g/mol. The van der Waals surface area contributed by atoms with Crippen molar-refractivity contribution in [2.45, 2.75) is 20.2 Å². The lowest BCUT2D eigenvalue weighted by Gasteiger charge is -2.14. The first kappa shape index (κ1) is 13.1. The van der Waals surface area contributed by atoms with Crippen molar-refractivity contribution in [3.63, 3.8) is 0 Å². The molecule has 1 aliphatic rings. The Bertz CT molecular complexity index is 1560. The van der Waals surface area contributed by atoms with E-state index < -0.39 is 6.85 Å². The number of rotatable bonds is 1. The summed E-state index contributed by atoms with van der Waals surface area (Å²) in [4.78, 5) is 0. The summed E-state index contributed by atoms with van der Waals surface area (Å²) in [7, 11) is 1.93. The molecule has 0 radical (unpaired) electrons. The lowest BCUT2D eigenvalue weighted by Crippen LogP contribution is -2.31. The van der Waals surface area contributed by atoms with Gasteiger partial charge < -0.3 is 0 Å². The maximum atomic E-state index is 7.73. The van der Waals surface area contributed by atoms with Crippen LogP contribution >= 0.6 is 0 Å². The first-order chi connectivity index (χ1) is 14.8.